The predicted octanol–water partition coefficient (Wildman–Crippen LogP) is 3.52. The Hall–Kier alpha value is -2.07. The molecule has 0 saturated carbocycles. The maximum atomic E-state index is 11.7. The summed E-state index contributed by atoms with van der Waals surface area (Å²) in [5.74, 6) is -0.398. The zero-order chi connectivity index (χ0) is 14.3. The van der Waals surface area contributed by atoms with E-state index >= 15 is 0 Å². The van der Waals surface area contributed by atoms with Crippen LogP contribution < -0.4 is 0 Å². The number of carbonyl (C=O) groups excluding carboxylic acids is 1. The molecular weight excluding hydrogens is 276 g/mol. The second-order valence-corrected chi connectivity index (χ2v) is 5.29. The van der Waals surface area contributed by atoms with Gasteiger partial charge in [-0.15, -0.1) is 0 Å². The van der Waals surface area contributed by atoms with Crippen LogP contribution in [0.25, 0.3) is 11.1 Å². The molecule has 0 bridgehead atoms. The molecular formula is C15H13ClN2O2. The van der Waals surface area contributed by atoms with Gasteiger partial charge in [0.2, 0.25) is 0 Å². The van der Waals surface area contributed by atoms with Crippen molar-refractivity contribution in [3.8, 4) is 11.1 Å². The molecule has 1 N–H and O–H groups in total. The molecule has 1 fully saturated rings. The summed E-state index contributed by atoms with van der Waals surface area (Å²) >= 11 is 6.08. The highest BCUT2D eigenvalue weighted by atomic mass is 35.5. The van der Waals surface area contributed by atoms with E-state index in [-0.39, 0.29) is 18.0 Å². The predicted molar refractivity (Wildman–Crippen MR) is 76.2 cm³/mol. The molecule has 0 amide bonds. The molecule has 1 aliphatic rings. The Morgan fingerprint density at radius 2 is 2.25 bits per heavy atom. The standard InChI is InChI=1S/C15H13ClN2O2/c1-8-9(2)15(19)20-14(8)12-4-3-11(16)5-13(12)10-6-17-18-7-10/h3-8,14H,2H2,1H3,(H,17,18)/t8-,14+/m0/s1. The molecule has 5 heteroatoms. The summed E-state index contributed by atoms with van der Waals surface area (Å²) in [7, 11) is 0. The first-order valence-corrected chi connectivity index (χ1v) is 6.64. The largest absolute Gasteiger partial charge is 0.453 e. The highest BCUT2D eigenvalue weighted by molar-refractivity contribution is 6.30. The Kier molecular flexibility index (Phi) is 3.10. The van der Waals surface area contributed by atoms with E-state index in [0.29, 0.717) is 10.6 Å². The molecule has 102 valence electrons. The van der Waals surface area contributed by atoms with E-state index < -0.39 is 0 Å². The van der Waals surface area contributed by atoms with E-state index in [1.807, 2.05) is 19.1 Å². The Balaban J connectivity index is 2.11. The van der Waals surface area contributed by atoms with Crippen molar-refractivity contribution in [1.82, 2.24) is 10.2 Å². The number of hydrogen-bond donors (Lipinski definition) is 1. The summed E-state index contributed by atoms with van der Waals surface area (Å²) < 4.78 is 5.44. The number of nitrogens with one attached hydrogen (secondary N) is 1. The quantitative estimate of drug-likeness (QED) is 0.679. The van der Waals surface area contributed by atoms with Crippen molar-refractivity contribution < 1.29 is 9.53 Å². The summed E-state index contributed by atoms with van der Waals surface area (Å²) in [6.45, 7) is 5.72. The van der Waals surface area contributed by atoms with Crippen LogP contribution in [0.1, 0.15) is 18.6 Å². The van der Waals surface area contributed by atoms with Crippen LogP contribution in [0.3, 0.4) is 0 Å². The van der Waals surface area contributed by atoms with Gasteiger partial charge in [0, 0.05) is 33.8 Å². The zero-order valence-corrected chi connectivity index (χ0v) is 11.6. The topological polar surface area (TPSA) is 55.0 Å². The van der Waals surface area contributed by atoms with Crippen molar-refractivity contribution in [2.24, 2.45) is 5.92 Å². The minimum Gasteiger partial charge on any atom is -0.453 e. The lowest BCUT2D eigenvalue weighted by molar-refractivity contribution is -0.139. The molecule has 1 aliphatic heterocycles. The van der Waals surface area contributed by atoms with Gasteiger partial charge in [0.15, 0.2) is 0 Å². The second kappa shape index (κ2) is 4.80. The maximum Gasteiger partial charge on any atom is 0.334 e. The first-order chi connectivity index (χ1) is 9.58. The molecule has 1 saturated heterocycles. The van der Waals surface area contributed by atoms with Gasteiger partial charge >= 0.3 is 5.97 Å². The van der Waals surface area contributed by atoms with Crippen molar-refractivity contribution in [2.75, 3.05) is 0 Å². The third-order valence-corrected chi connectivity index (χ3v) is 3.87. The van der Waals surface area contributed by atoms with E-state index in [9.17, 15) is 4.79 Å². The number of esters is 1. The van der Waals surface area contributed by atoms with Crippen LogP contribution in [0, 0.1) is 5.92 Å². The molecule has 0 aliphatic carbocycles. The summed E-state index contributed by atoms with van der Waals surface area (Å²) in [5.41, 5.74) is 3.23. The van der Waals surface area contributed by atoms with Crippen molar-refractivity contribution in [3.63, 3.8) is 0 Å². The highest BCUT2D eigenvalue weighted by Gasteiger charge is 2.37. The molecule has 0 unspecified atom stereocenters. The number of rotatable bonds is 2. The number of hydrogen-bond acceptors (Lipinski definition) is 3. The van der Waals surface area contributed by atoms with Gasteiger partial charge in [0.1, 0.15) is 6.10 Å². The summed E-state index contributed by atoms with van der Waals surface area (Å²) in [6.07, 6.45) is 3.16. The van der Waals surface area contributed by atoms with Gasteiger partial charge in [-0.05, 0) is 17.7 Å². The number of carbonyl (C=O) groups is 1. The Morgan fingerprint density at radius 1 is 1.45 bits per heavy atom. The van der Waals surface area contributed by atoms with E-state index in [1.54, 1.807) is 18.5 Å². The van der Waals surface area contributed by atoms with Crippen LogP contribution in [-0.2, 0) is 9.53 Å². The van der Waals surface area contributed by atoms with E-state index in [2.05, 4.69) is 16.8 Å². The smallest absolute Gasteiger partial charge is 0.334 e. The van der Waals surface area contributed by atoms with Gasteiger partial charge in [-0.3, -0.25) is 5.10 Å². The molecule has 3 rings (SSSR count). The molecule has 2 atom stereocenters. The molecule has 20 heavy (non-hydrogen) atoms. The number of aromatic nitrogens is 2. The van der Waals surface area contributed by atoms with Crippen molar-refractivity contribution in [3.05, 3.63) is 53.3 Å². The number of halogens is 1. The summed E-state index contributed by atoms with van der Waals surface area (Å²) in [6, 6.07) is 5.53. The van der Waals surface area contributed by atoms with Crippen molar-refractivity contribution >= 4 is 17.6 Å². The number of cyclic esters (lactones) is 1. The van der Waals surface area contributed by atoms with Crippen LogP contribution in [0.5, 0.6) is 0 Å². The molecule has 4 nitrogen and oxygen atoms in total. The van der Waals surface area contributed by atoms with Crippen molar-refractivity contribution in [2.45, 2.75) is 13.0 Å². The van der Waals surface area contributed by atoms with Crippen LogP contribution >= 0.6 is 11.6 Å². The first kappa shape index (κ1) is 12.9. The lowest BCUT2D eigenvalue weighted by Gasteiger charge is -2.18. The van der Waals surface area contributed by atoms with Gasteiger partial charge in [-0.2, -0.15) is 5.10 Å². The van der Waals surface area contributed by atoms with Gasteiger partial charge < -0.3 is 4.74 Å². The molecule has 0 spiro atoms. The van der Waals surface area contributed by atoms with Gasteiger partial charge in [-0.25, -0.2) is 4.79 Å². The van der Waals surface area contributed by atoms with Crippen LogP contribution in [0.4, 0.5) is 0 Å². The fraction of sp³-hybridized carbons (Fsp3) is 0.200. The molecule has 2 heterocycles. The van der Waals surface area contributed by atoms with Gasteiger partial charge in [0.05, 0.1) is 6.20 Å². The Morgan fingerprint density at radius 3 is 2.85 bits per heavy atom. The SMILES string of the molecule is C=C1C(=O)O[C@@H](c2ccc(Cl)cc2-c2cn[nH]c2)[C@H]1C. The average molecular weight is 289 g/mol. The monoisotopic (exact) mass is 288 g/mol. The third kappa shape index (κ3) is 2.02. The normalized spacial score (nSPS) is 22.1. The van der Waals surface area contributed by atoms with Gasteiger partial charge in [0.25, 0.3) is 0 Å². The fourth-order valence-corrected chi connectivity index (χ4v) is 2.59. The molecule has 2 aromatic rings. The highest BCUT2D eigenvalue weighted by Crippen LogP contribution is 2.42. The van der Waals surface area contributed by atoms with Crippen LogP contribution in [0.15, 0.2) is 42.7 Å². The van der Waals surface area contributed by atoms with Crippen LogP contribution in [-0.4, -0.2) is 16.2 Å². The number of nitrogens with zero attached hydrogens (tertiary/aromatic N) is 1. The minimum absolute atomic E-state index is 0.0608. The lowest BCUT2D eigenvalue weighted by atomic mass is 9.90. The average Bonchev–Trinajstić information content (AvgIpc) is 3.04. The minimum atomic E-state index is -0.337. The van der Waals surface area contributed by atoms with Crippen LogP contribution in [0.2, 0.25) is 5.02 Å². The second-order valence-electron chi connectivity index (χ2n) is 4.86. The van der Waals surface area contributed by atoms with E-state index in [0.717, 1.165) is 16.7 Å². The zero-order valence-electron chi connectivity index (χ0n) is 10.9. The molecule has 0 radical (unpaired) electrons. The Bertz CT molecular complexity index is 679. The first-order valence-electron chi connectivity index (χ1n) is 6.26. The van der Waals surface area contributed by atoms with Gasteiger partial charge in [-0.1, -0.05) is 31.2 Å². The van der Waals surface area contributed by atoms with E-state index in [1.165, 1.54) is 0 Å². The number of benzene rings is 1. The fourth-order valence-electron chi connectivity index (χ4n) is 2.42. The number of aromatic amines is 1. The van der Waals surface area contributed by atoms with E-state index in [4.69, 9.17) is 16.3 Å². The number of H-pyrrole nitrogens is 1. The summed E-state index contributed by atoms with van der Waals surface area (Å²) in [4.78, 5) is 11.7. The Labute approximate surface area is 121 Å². The van der Waals surface area contributed by atoms with Crippen molar-refractivity contribution in [1.29, 1.82) is 0 Å². The summed E-state index contributed by atoms with van der Waals surface area (Å²) in [5, 5.41) is 7.35. The molecule has 1 aromatic carbocycles. The molecule has 1 aromatic heterocycles. The third-order valence-electron chi connectivity index (χ3n) is 3.63. The lowest BCUT2D eigenvalue weighted by Crippen LogP contribution is -2.06. The maximum absolute atomic E-state index is 11.7. The number of ether oxygens (including phenoxy) is 1.